The minimum absolute atomic E-state index is 0. The van der Waals surface area contributed by atoms with Crippen molar-refractivity contribution in [2.75, 3.05) is 0 Å². The molecule has 0 saturated carbocycles. The maximum atomic E-state index is 8.25. The third-order valence-electron chi connectivity index (χ3n) is 0. The van der Waals surface area contributed by atoms with Crippen LogP contribution in [0.1, 0.15) is 0 Å². The molecule has 0 aliphatic rings. The Hall–Kier alpha value is 0.0943. The average Bonchev–Trinajstić information content (AvgIpc) is 1.00. The van der Waals surface area contributed by atoms with Gasteiger partial charge in [0.15, 0.2) is 0 Å². The van der Waals surface area contributed by atoms with Crippen LogP contribution in [0.3, 0.4) is 0 Å². The van der Waals surface area contributed by atoms with Crippen LogP contribution in [-0.2, 0) is 23.7 Å². The number of rotatable bonds is 0. The van der Waals surface area contributed by atoms with Crippen molar-refractivity contribution in [1.29, 1.82) is 0 Å². The van der Waals surface area contributed by atoms with Gasteiger partial charge >= 0.3 is 23.7 Å². The van der Waals surface area contributed by atoms with E-state index >= 15 is 0 Å². The van der Waals surface area contributed by atoms with Gasteiger partial charge in [-0.3, -0.25) is 28.2 Å². The van der Waals surface area contributed by atoms with E-state index in [1.165, 1.54) is 0 Å². The Morgan fingerprint density at radius 2 is 0.500 bits per heavy atom. The van der Waals surface area contributed by atoms with Gasteiger partial charge in [0.1, 0.15) is 0 Å². The van der Waals surface area contributed by atoms with Crippen molar-refractivity contribution >= 4 is 0 Å². The molecule has 0 radical (unpaired) electrons. The summed E-state index contributed by atoms with van der Waals surface area (Å²) < 4.78 is 8.25. The van der Waals surface area contributed by atoms with Crippen LogP contribution in [0.2, 0.25) is 0 Å². The molecular formula is H6F6OTi. The third-order valence-corrected chi connectivity index (χ3v) is 0. The normalized spacial score (nSPS) is 0.375. The zero-order valence-corrected chi connectivity index (χ0v) is 4.92. The van der Waals surface area contributed by atoms with Crippen molar-refractivity contribution in [3.05, 3.63) is 0 Å². The van der Waals surface area contributed by atoms with Crippen molar-refractivity contribution in [3.63, 3.8) is 0 Å². The molecule has 0 spiro atoms. The van der Waals surface area contributed by atoms with E-state index in [1.54, 1.807) is 0 Å². The van der Waals surface area contributed by atoms with Crippen LogP contribution in [0.15, 0.2) is 0 Å². The second-order valence-corrected chi connectivity index (χ2v) is 0. The monoisotopic (exact) mass is 184 g/mol. The molecule has 8 heavy (non-hydrogen) atoms. The minimum atomic E-state index is 0. The zero-order valence-electron chi connectivity index (χ0n) is 3.36. The van der Waals surface area contributed by atoms with Gasteiger partial charge in [0.25, 0.3) is 0 Å². The second kappa shape index (κ2) is 29600. The van der Waals surface area contributed by atoms with E-state index in [4.69, 9.17) is 3.32 Å². The molecule has 0 fully saturated rings. The Labute approximate surface area is 52.8 Å². The molecule has 58 valence electrons. The Kier molecular flexibility index (Phi) is 1260000. The van der Waals surface area contributed by atoms with Gasteiger partial charge in [-0.2, -0.15) is 0 Å². The molecule has 0 aliphatic heterocycles. The molecule has 0 aromatic carbocycles. The quantitative estimate of drug-likeness (QED) is 0.401. The Bertz CT molecular complexity index is 8.49. The molecule has 0 amide bonds. The van der Waals surface area contributed by atoms with Crippen LogP contribution < -0.4 is 0 Å². The van der Waals surface area contributed by atoms with Crippen LogP contribution in [0.5, 0.6) is 0 Å². The Balaban J connectivity index is -0.000000000333. The molecule has 0 bridgehead atoms. The van der Waals surface area contributed by atoms with Crippen molar-refractivity contribution < 1.29 is 52.0 Å². The molecule has 1 nitrogen and oxygen atoms in total. The summed E-state index contributed by atoms with van der Waals surface area (Å²) in [6.07, 6.45) is 0. The van der Waals surface area contributed by atoms with E-state index in [0.29, 0.717) is 0 Å². The first-order valence-electron chi connectivity index (χ1n) is 0.204. The van der Waals surface area contributed by atoms with Gasteiger partial charge in [-0.05, 0) is 0 Å². The summed E-state index contributed by atoms with van der Waals surface area (Å²) in [4.78, 5) is 0. The Morgan fingerprint density at radius 3 is 0.500 bits per heavy atom. The number of halogens is 6. The fraction of sp³-hybridized carbons (Fsp3) is 0. The molecular weight excluding hydrogens is 178 g/mol. The van der Waals surface area contributed by atoms with Gasteiger partial charge in [0.2, 0.25) is 0 Å². The topological polar surface area (TPSA) is 17.1 Å². The Morgan fingerprint density at radius 1 is 0.500 bits per heavy atom. The predicted molar refractivity (Wildman–Crippen MR) is 15.7 cm³/mol. The maximum absolute atomic E-state index is 8.25. The summed E-state index contributed by atoms with van der Waals surface area (Å²) in [6.45, 7) is 0. The molecule has 0 atom stereocenters. The van der Waals surface area contributed by atoms with E-state index < -0.39 is 0 Å². The van der Waals surface area contributed by atoms with Crippen molar-refractivity contribution in [1.82, 2.24) is 0 Å². The fourth-order valence-electron chi connectivity index (χ4n) is 0. The first-order chi connectivity index (χ1) is 1.00. The molecule has 8 heteroatoms. The molecule has 0 saturated heterocycles. The van der Waals surface area contributed by atoms with Crippen molar-refractivity contribution in [2.45, 2.75) is 0 Å². The van der Waals surface area contributed by atoms with Crippen LogP contribution in [-0.4, -0.2) is 0 Å². The summed E-state index contributed by atoms with van der Waals surface area (Å²) in [5.41, 5.74) is 0. The number of hydrogen-bond donors (Lipinski definition) is 0. The van der Waals surface area contributed by atoms with E-state index in [0.717, 1.165) is 20.4 Å². The SMILES string of the molecule is F.F.F.F.F.F.[O]=[Ti]. The summed E-state index contributed by atoms with van der Waals surface area (Å²) in [7, 11) is 0. The first-order valence-corrected chi connectivity index (χ1v) is 0.842. The van der Waals surface area contributed by atoms with Crippen molar-refractivity contribution in [2.24, 2.45) is 0 Å². The van der Waals surface area contributed by atoms with Crippen LogP contribution in [0, 0.1) is 0 Å². The second-order valence-electron chi connectivity index (χ2n) is 0. The van der Waals surface area contributed by atoms with Gasteiger partial charge < -0.3 is 0 Å². The molecule has 0 aromatic rings. The van der Waals surface area contributed by atoms with Crippen molar-refractivity contribution in [3.8, 4) is 0 Å². The molecule has 0 N–H and O–H groups in total. The van der Waals surface area contributed by atoms with Crippen LogP contribution in [0.25, 0.3) is 0 Å². The molecule has 0 heterocycles. The summed E-state index contributed by atoms with van der Waals surface area (Å²) in [5.74, 6) is 0. The summed E-state index contributed by atoms with van der Waals surface area (Å²) in [6, 6.07) is 0. The molecule has 0 aliphatic carbocycles. The summed E-state index contributed by atoms with van der Waals surface area (Å²) in [5, 5.41) is 0. The predicted octanol–water partition coefficient (Wildman–Crippen LogP) is 0.794. The third kappa shape index (κ3) is 17800. The van der Waals surface area contributed by atoms with Gasteiger partial charge in [0, 0.05) is 0 Å². The van der Waals surface area contributed by atoms with Gasteiger partial charge in [-0.15, -0.1) is 0 Å². The van der Waals surface area contributed by atoms with Crippen LogP contribution in [0.4, 0.5) is 28.2 Å². The average molecular weight is 184 g/mol. The van der Waals surface area contributed by atoms with E-state index in [-0.39, 0.29) is 28.2 Å². The van der Waals surface area contributed by atoms with Gasteiger partial charge in [-0.1, -0.05) is 0 Å². The van der Waals surface area contributed by atoms with Gasteiger partial charge in [0.05, 0.1) is 0 Å². The van der Waals surface area contributed by atoms with E-state index in [2.05, 4.69) is 0 Å². The first kappa shape index (κ1) is 340. The van der Waals surface area contributed by atoms with E-state index in [1.807, 2.05) is 0 Å². The number of hydrogen-bond acceptors (Lipinski definition) is 1. The zero-order chi connectivity index (χ0) is 2.00. The fourth-order valence-corrected chi connectivity index (χ4v) is 0. The van der Waals surface area contributed by atoms with Crippen LogP contribution >= 0.6 is 0 Å². The molecule has 0 unspecified atom stereocenters. The standard InChI is InChI=1S/6FH.O.Ti/h6*1H;;. The molecule has 0 rings (SSSR count). The van der Waals surface area contributed by atoms with E-state index in [9.17, 15) is 0 Å². The summed E-state index contributed by atoms with van der Waals surface area (Å²) >= 11 is 0.750. The molecule has 0 aromatic heterocycles. The van der Waals surface area contributed by atoms with Gasteiger partial charge in [-0.25, -0.2) is 0 Å².